The van der Waals surface area contributed by atoms with Gasteiger partial charge in [-0.3, -0.25) is 9.59 Å². The van der Waals surface area contributed by atoms with Crippen LogP contribution in [0.5, 0.6) is 0 Å². The van der Waals surface area contributed by atoms with Crippen molar-refractivity contribution in [1.29, 1.82) is 0 Å². The SMILES string of the molecule is O=C(O)CCc1ccccc1C=C1C(=O)Nc2ccccc21. The Kier molecular flexibility index (Phi) is 3.74. The van der Waals surface area contributed by atoms with E-state index in [4.69, 9.17) is 5.11 Å². The van der Waals surface area contributed by atoms with E-state index < -0.39 is 5.97 Å². The highest BCUT2D eigenvalue weighted by molar-refractivity contribution is 6.34. The Morgan fingerprint density at radius 3 is 2.64 bits per heavy atom. The zero-order valence-electron chi connectivity index (χ0n) is 11.9. The molecule has 1 heterocycles. The van der Waals surface area contributed by atoms with E-state index in [0.29, 0.717) is 12.0 Å². The molecule has 4 heteroatoms. The summed E-state index contributed by atoms with van der Waals surface area (Å²) in [7, 11) is 0. The van der Waals surface area contributed by atoms with Gasteiger partial charge in [-0.05, 0) is 29.7 Å². The maximum absolute atomic E-state index is 12.1. The molecule has 0 aromatic heterocycles. The van der Waals surface area contributed by atoms with Crippen molar-refractivity contribution in [2.45, 2.75) is 12.8 Å². The first kappa shape index (κ1) is 14.1. The third-order valence-corrected chi connectivity index (χ3v) is 3.67. The fraction of sp³-hybridized carbons (Fsp3) is 0.111. The van der Waals surface area contributed by atoms with Crippen molar-refractivity contribution in [2.75, 3.05) is 5.32 Å². The molecule has 0 spiro atoms. The number of hydrogen-bond acceptors (Lipinski definition) is 2. The van der Waals surface area contributed by atoms with Crippen LogP contribution in [0.2, 0.25) is 0 Å². The van der Waals surface area contributed by atoms with Crippen molar-refractivity contribution in [3.05, 3.63) is 65.2 Å². The molecular weight excluding hydrogens is 278 g/mol. The number of fused-ring (bicyclic) bond motifs is 1. The molecule has 0 bridgehead atoms. The number of amides is 1. The van der Waals surface area contributed by atoms with Gasteiger partial charge in [0.15, 0.2) is 0 Å². The summed E-state index contributed by atoms with van der Waals surface area (Å²) < 4.78 is 0. The minimum absolute atomic E-state index is 0.0724. The number of aryl methyl sites for hydroxylation is 1. The molecular formula is C18H15NO3. The van der Waals surface area contributed by atoms with Crippen LogP contribution in [-0.4, -0.2) is 17.0 Å². The van der Waals surface area contributed by atoms with E-state index in [1.807, 2.05) is 54.6 Å². The molecule has 0 radical (unpaired) electrons. The lowest BCUT2D eigenvalue weighted by Gasteiger charge is -2.05. The zero-order valence-corrected chi connectivity index (χ0v) is 11.9. The average Bonchev–Trinajstić information content (AvgIpc) is 2.82. The second-order valence-electron chi connectivity index (χ2n) is 5.15. The quantitative estimate of drug-likeness (QED) is 0.851. The third-order valence-electron chi connectivity index (χ3n) is 3.67. The lowest BCUT2D eigenvalue weighted by Crippen LogP contribution is -2.04. The minimum Gasteiger partial charge on any atom is -0.481 e. The Balaban J connectivity index is 1.99. The zero-order chi connectivity index (χ0) is 15.5. The van der Waals surface area contributed by atoms with Crippen molar-refractivity contribution in [3.8, 4) is 0 Å². The van der Waals surface area contributed by atoms with E-state index in [-0.39, 0.29) is 12.3 Å². The molecule has 0 saturated carbocycles. The number of hydrogen-bond donors (Lipinski definition) is 2. The highest BCUT2D eigenvalue weighted by Crippen LogP contribution is 2.33. The topological polar surface area (TPSA) is 66.4 Å². The van der Waals surface area contributed by atoms with Gasteiger partial charge in [0.1, 0.15) is 0 Å². The highest BCUT2D eigenvalue weighted by Gasteiger charge is 2.23. The molecule has 4 nitrogen and oxygen atoms in total. The van der Waals surface area contributed by atoms with Gasteiger partial charge < -0.3 is 10.4 Å². The van der Waals surface area contributed by atoms with Gasteiger partial charge in [0, 0.05) is 23.2 Å². The predicted molar refractivity (Wildman–Crippen MR) is 85.3 cm³/mol. The first-order valence-electron chi connectivity index (χ1n) is 7.07. The second-order valence-corrected chi connectivity index (χ2v) is 5.15. The van der Waals surface area contributed by atoms with E-state index in [9.17, 15) is 9.59 Å². The molecule has 0 unspecified atom stereocenters. The van der Waals surface area contributed by atoms with E-state index in [2.05, 4.69) is 5.32 Å². The Morgan fingerprint density at radius 2 is 1.82 bits per heavy atom. The molecule has 1 aliphatic heterocycles. The molecule has 0 fully saturated rings. The summed E-state index contributed by atoms with van der Waals surface area (Å²) in [6, 6.07) is 15.1. The summed E-state index contributed by atoms with van der Waals surface area (Å²) in [6.07, 6.45) is 2.35. The Bertz CT molecular complexity index is 777. The summed E-state index contributed by atoms with van der Waals surface area (Å²) in [5.41, 5.74) is 4.10. The normalized spacial score (nSPS) is 14.7. The highest BCUT2D eigenvalue weighted by atomic mass is 16.4. The van der Waals surface area contributed by atoms with Gasteiger partial charge in [-0.15, -0.1) is 0 Å². The third kappa shape index (κ3) is 2.76. The van der Waals surface area contributed by atoms with Crippen LogP contribution < -0.4 is 5.32 Å². The van der Waals surface area contributed by atoms with Crippen LogP contribution >= 0.6 is 0 Å². The number of carbonyl (C=O) groups is 2. The van der Waals surface area contributed by atoms with Crippen molar-refractivity contribution < 1.29 is 14.7 Å². The van der Waals surface area contributed by atoms with Gasteiger partial charge in [-0.2, -0.15) is 0 Å². The van der Waals surface area contributed by atoms with E-state index in [1.165, 1.54) is 0 Å². The van der Waals surface area contributed by atoms with Gasteiger partial charge in [-0.1, -0.05) is 42.5 Å². The number of nitrogens with one attached hydrogen (secondary N) is 1. The van der Waals surface area contributed by atoms with Gasteiger partial charge in [0.25, 0.3) is 5.91 Å². The molecule has 110 valence electrons. The first-order chi connectivity index (χ1) is 10.6. The number of rotatable bonds is 4. The molecule has 3 rings (SSSR count). The number of carboxylic acids is 1. The van der Waals surface area contributed by atoms with Crippen LogP contribution in [0.3, 0.4) is 0 Å². The maximum Gasteiger partial charge on any atom is 0.303 e. The van der Waals surface area contributed by atoms with Crippen molar-refractivity contribution >= 4 is 29.2 Å². The summed E-state index contributed by atoms with van der Waals surface area (Å²) >= 11 is 0. The first-order valence-corrected chi connectivity index (χ1v) is 7.07. The number of benzene rings is 2. The van der Waals surface area contributed by atoms with Crippen LogP contribution in [0.25, 0.3) is 11.6 Å². The smallest absolute Gasteiger partial charge is 0.303 e. The van der Waals surface area contributed by atoms with Gasteiger partial charge in [-0.25, -0.2) is 0 Å². The molecule has 0 aliphatic carbocycles. The molecule has 1 aliphatic rings. The Hall–Kier alpha value is -2.88. The number of carboxylic acid groups (broad SMARTS) is 1. The standard InChI is InChI=1S/C18H15NO3/c20-17(21)10-9-12-5-1-2-6-13(12)11-15-14-7-3-4-8-16(14)19-18(15)22/h1-8,11H,9-10H2,(H,19,22)(H,20,21). The van der Waals surface area contributed by atoms with Gasteiger partial charge >= 0.3 is 5.97 Å². The Labute approximate surface area is 128 Å². The number of anilines is 1. The molecule has 2 aromatic carbocycles. The molecule has 1 amide bonds. The van der Waals surface area contributed by atoms with Gasteiger partial charge in [0.05, 0.1) is 0 Å². The molecule has 0 saturated heterocycles. The molecule has 22 heavy (non-hydrogen) atoms. The fourth-order valence-electron chi connectivity index (χ4n) is 2.58. The van der Waals surface area contributed by atoms with Gasteiger partial charge in [0.2, 0.25) is 0 Å². The Morgan fingerprint density at radius 1 is 1.09 bits per heavy atom. The summed E-state index contributed by atoms with van der Waals surface area (Å²) in [4.78, 5) is 22.9. The molecule has 0 atom stereocenters. The largest absolute Gasteiger partial charge is 0.481 e. The number of aliphatic carboxylic acids is 1. The monoisotopic (exact) mass is 293 g/mol. The lowest BCUT2D eigenvalue weighted by molar-refractivity contribution is -0.137. The second kappa shape index (κ2) is 5.85. The van der Waals surface area contributed by atoms with Crippen molar-refractivity contribution in [2.24, 2.45) is 0 Å². The summed E-state index contributed by atoms with van der Waals surface area (Å²) in [6.45, 7) is 0. The average molecular weight is 293 g/mol. The minimum atomic E-state index is -0.827. The van der Waals surface area contributed by atoms with E-state index >= 15 is 0 Å². The molecule has 2 aromatic rings. The van der Waals surface area contributed by atoms with Crippen molar-refractivity contribution in [1.82, 2.24) is 0 Å². The van der Waals surface area contributed by atoms with Crippen molar-refractivity contribution in [3.63, 3.8) is 0 Å². The number of para-hydroxylation sites is 1. The van der Waals surface area contributed by atoms with Crippen LogP contribution in [0.15, 0.2) is 48.5 Å². The molecule has 2 N–H and O–H groups in total. The lowest BCUT2D eigenvalue weighted by atomic mass is 9.98. The van der Waals surface area contributed by atoms with Crippen LogP contribution in [0.1, 0.15) is 23.1 Å². The number of carbonyl (C=O) groups excluding carboxylic acids is 1. The van der Waals surface area contributed by atoms with Crippen LogP contribution in [0, 0.1) is 0 Å². The van der Waals surface area contributed by atoms with E-state index in [0.717, 1.165) is 22.4 Å². The summed E-state index contributed by atoms with van der Waals surface area (Å²) in [5.74, 6) is -0.958. The van der Waals surface area contributed by atoms with Crippen LogP contribution in [-0.2, 0) is 16.0 Å². The maximum atomic E-state index is 12.1. The summed E-state index contributed by atoms with van der Waals surface area (Å²) in [5, 5.41) is 11.7. The van der Waals surface area contributed by atoms with Crippen LogP contribution in [0.4, 0.5) is 5.69 Å². The van der Waals surface area contributed by atoms with E-state index in [1.54, 1.807) is 0 Å². The fourth-order valence-corrected chi connectivity index (χ4v) is 2.58. The predicted octanol–water partition coefficient (Wildman–Crippen LogP) is 3.20.